The van der Waals surface area contributed by atoms with Gasteiger partial charge in [0.25, 0.3) is 0 Å². The number of aliphatic imine (C=N–C) groups is 1. The molecule has 0 bridgehead atoms. The van der Waals surface area contributed by atoms with E-state index in [0.717, 1.165) is 36.2 Å². The van der Waals surface area contributed by atoms with Crippen molar-refractivity contribution in [3.8, 4) is 0 Å². The molecule has 1 aliphatic heterocycles. The Morgan fingerprint density at radius 3 is 2.74 bits per heavy atom. The number of halogens is 2. The lowest BCUT2D eigenvalue weighted by Crippen LogP contribution is -2.39. The summed E-state index contributed by atoms with van der Waals surface area (Å²) in [6.07, 6.45) is 2.53. The van der Waals surface area contributed by atoms with Gasteiger partial charge in [-0.2, -0.15) is 0 Å². The maximum atomic E-state index is 5.97. The van der Waals surface area contributed by atoms with Crippen LogP contribution in [0.25, 0.3) is 0 Å². The summed E-state index contributed by atoms with van der Waals surface area (Å²) in [5.41, 5.74) is 1.15. The average Bonchev–Trinajstić information content (AvgIpc) is 2.88. The Bertz CT molecular complexity index is 417. The number of guanidine groups is 1. The van der Waals surface area contributed by atoms with Gasteiger partial charge in [0.2, 0.25) is 0 Å². The van der Waals surface area contributed by atoms with Gasteiger partial charge in [0.15, 0.2) is 5.96 Å². The molecular formula is C14H21ClIN3. The zero-order valence-corrected chi connectivity index (χ0v) is 14.3. The van der Waals surface area contributed by atoms with Gasteiger partial charge < -0.3 is 10.2 Å². The first kappa shape index (κ1) is 16.6. The summed E-state index contributed by atoms with van der Waals surface area (Å²) in [4.78, 5) is 7.01. The molecular weight excluding hydrogens is 373 g/mol. The molecule has 19 heavy (non-hydrogen) atoms. The lowest BCUT2D eigenvalue weighted by atomic mass is 10.2. The predicted molar refractivity (Wildman–Crippen MR) is 92.5 cm³/mol. The van der Waals surface area contributed by atoms with Crippen LogP contribution in [0.2, 0.25) is 5.02 Å². The lowest BCUT2D eigenvalue weighted by Gasteiger charge is -2.20. The molecule has 0 radical (unpaired) electrons. The third-order valence-electron chi connectivity index (χ3n) is 3.04. The van der Waals surface area contributed by atoms with Crippen molar-refractivity contribution in [3.05, 3.63) is 34.9 Å². The highest BCUT2D eigenvalue weighted by Crippen LogP contribution is 2.12. The lowest BCUT2D eigenvalue weighted by molar-refractivity contribution is 0.493. The van der Waals surface area contributed by atoms with E-state index in [2.05, 4.69) is 28.2 Å². The molecule has 1 aromatic carbocycles. The Hall–Kier alpha value is -0.490. The summed E-state index contributed by atoms with van der Waals surface area (Å²) in [5, 5.41) is 4.12. The molecule has 1 heterocycles. The van der Waals surface area contributed by atoms with Crippen molar-refractivity contribution in [1.82, 2.24) is 10.2 Å². The van der Waals surface area contributed by atoms with Crippen molar-refractivity contribution in [2.75, 3.05) is 19.6 Å². The van der Waals surface area contributed by atoms with Crippen molar-refractivity contribution in [2.24, 2.45) is 4.99 Å². The molecule has 1 aliphatic rings. The molecule has 0 atom stereocenters. The van der Waals surface area contributed by atoms with Crippen LogP contribution in [0.4, 0.5) is 0 Å². The first-order valence-corrected chi connectivity index (χ1v) is 6.95. The maximum Gasteiger partial charge on any atom is 0.194 e. The highest BCUT2D eigenvalue weighted by Gasteiger charge is 2.15. The van der Waals surface area contributed by atoms with Gasteiger partial charge in [-0.25, -0.2) is 4.99 Å². The smallest absolute Gasteiger partial charge is 0.194 e. The first-order chi connectivity index (χ1) is 8.79. The minimum atomic E-state index is 0. The number of benzene rings is 1. The van der Waals surface area contributed by atoms with Crippen LogP contribution in [0.3, 0.4) is 0 Å². The SMILES string of the molecule is CCNC(=NCc1cccc(Cl)c1)N1CCCC1.I. The second kappa shape index (κ2) is 8.64. The largest absolute Gasteiger partial charge is 0.357 e. The molecule has 106 valence electrons. The third-order valence-corrected chi connectivity index (χ3v) is 3.28. The van der Waals surface area contributed by atoms with E-state index < -0.39 is 0 Å². The summed E-state index contributed by atoms with van der Waals surface area (Å²) in [6.45, 7) is 5.91. The molecule has 1 N–H and O–H groups in total. The van der Waals surface area contributed by atoms with Crippen LogP contribution < -0.4 is 5.32 Å². The summed E-state index contributed by atoms with van der Waals surface area (Å²) in [5.74, 6) is 1.02. The van der Waals surface area contributed by atoms with Gasteiger partial charge >= 0.3 is 0 Å². The van der Waals surface area contributed by atoms with Gasteiger partial charge in [0, 0.05) is 24.7 Å². The minimum absolute atomic E-state index is 0. The molecule has 1 fully saturated rings. The normalized spacial score (nSPS) is 15.3. The zero-order chi connectivity index (χ0) is 12.8. The van der Waals surface area contributed by atoms with Crippen LogP contribution in [0, 0.1) is 0 Å². The fraction of sp³-hybridized carbons (Fsp3) is 0.500. The number of likely N-dealkylation sites (tertiary alicyclic amines) is 1. The molecule has 0 unspecified atom stereocenters. The molecule has 0 aromatic heterocycles. The Labute approximate surface area is 137 Å². The number of rotatable bonds is 3. The highest BCUT2D eigenvalue weighted by atomic mass is 127. The van der Waals surface area contributed by atoms with E-state index >= 15 is 0 Å². The van der Waals surface area contributed by atoms with Crippen molar-refractivity contribution >= 4 is 41.5 Å². The fourth-order valence-electron chi connectivity index (χ4n) is 2.16. The molecule has 0 saturated carbocycles. The van der Waals surface area contributed by atoms with Crippen molar-refractivity contribution in [2.45, 2.75) is 26.3 Å². The molecule has 3 nitrogen and oxygen atoms in total. The van der Waals surface area contributed by atoms with Crippen LogP contribution >= 0.6 is 35.6 Å². The van der Waals surface area contributed by atoms with Gasteiger partial charge in [-0.3, -0.25) is 0 Å². The van der Waals surface area contributed by atoms with Gasteiger partial charge in [0.1, 0.15) is 0 Å². The molecule has 0 aliphatic carbocycles. The molecule has 2 rings (SSSR count). The number of nitrogens with one attached hydrogen (secondary N) is 1. The van der Waals surface area contributed by atoms with Crippen molar-refractivity contribution < 1.29 is 0 Å². The van der Waals surface area contributed by atoms with Crippen molar-refractivity contribution in [3.63, 3.8) is 0 Å². The van der Waals surface area contributed by atoms with Crippen LogP contribution in [0.5, 0.6) is 0 Å². The van der Waals surface area contributed by atoms with Crippen molar-refractivity contribution in [1.29, 1.82) is 0 Å². The van der Waals surface area contributed by atoms with E-state index in [-0.39, 0.29) is 24.0 Å². The number of hydrogen-bond donors (Lipinski definition) is 1. The van der Waals surface area contributed by atoms with Crippen LogP contribution in [0.15, 0.2) is 29.3 Å². The fourth-order valence-corrected chi connectivity index (χ4v) is 2.37. The van der Waals surface area contributed by atoms with E-state index in [1.807, 2.05) is 18.2 Å². The third kappa shape index (κ3) is 5.18. The average molecular weight is 394 g/mol. The second-order valence-corrected chi connectivity index (χ2v) is 4.93. The first-order valence-electron chi connectivity index (χ1n) is 6.57. The quantitative estimate of drug-likeness (QED) is 0.483. The zero-order valence-electron chi connectivity index (χ0n) is 11.2. The molecule has 0 spiro atoms. The Morgan fingerprint density at radius 2 is 2.11 bits per heavy atom. The minimum Gasteiger partial charge on any atom is -0.357 e. The summed E-state index contributed by atoms with van der Waals surface area (Å²) in [6, 6.07) is 7.89. The molecule has 5 heteroatoms. The van der Waals surface area contributed by atoms with Crippen LogP contribution in [-0.2, 0) is 6.54 Å². The Kier molecular flexibility index (Phi) is 7.53. The standard InChI is InChI=1S/C14H20ClN3.HI/c1-2-16-14(18-8-3-4-9-18)17-11-12-6-5-7-13(15)10-12;/h5-7,10H,2-4,8-9,11H2,1H3,(H,16,17);1H. The maximum absolute atomic E-state index is 5.97. The van der Waals surface area contributed by atoms with E-state index in [4.69, 9.17) is 11.6 Å². The van der Waals surface area contributed by atoms with E-state index in [1.165, 1.54) is 12.8 Å². The summed E-state index contributed by atoms with van der Waals surface area (Å²) >= 11 is 5.97. The monoisotopic (exact) mass is 393 g/mol. The predicted octanol–water partition coefficient (Wildman–Crippen LogP) is 3.52. The van der Waals surface area contributed by atoms with Gasteiger partial charge in [-0.15, -0.1) is 24.0 Å². The molecule has 1 aromatic rings. The van der Waals surface area contributed by atoms with Gasteiger partial charge in [0.05, 0.1) is 6.54 Å². The Balaban J connectivity index is 0.00000180. The van der Waals surface area contributed by atoms with E-state index in [0.29, 0.717) is 6.54 Å². The van der Waals surface area contributed by atoms with E-state index in [9.17, 15) is 0 Å². The van der Waals surface area contributed by atoms with Crippen LogP contribution in [0.1, 0.15) is 25.3 Å². The van der Waals surface area contributed by atoms with Gasteiger partial charge in [-0.1, -0.05) is 23.7 Å². The topological polar surface area (TPSA) is 27.6 Å². The van der Waals surface area contributed by atoms with Gasteiger partial charge in [-0.05, 0) is 37.5 Å². The van der Waals surface area contributed by atoms with Crippen LogP contribution in [-0.4, -0.2) is 30.5 Å². The summed E-state index contributed by atoms with van der Waals surface area (Å²) < 4.78 is 0. The molecule has 1 saturated heterocycles. The highest BCUT2D eigenvalue weighted by molar-refractivity contribution is 14.0. The van der Waals surface area contributed by atoms with E-state index in [1.54, 1.807) is 0 Å². The summed E-state index contributed by atoms with van der Waals surface area (Å²) in [7, 11) is 0. The second-order valence-electron chi connectivity index (χ2n) is 4.49. The number of hydrogen-bond acceptors (Lipinski definition) is 1. The number of nitrogens with zero attached hydrogens (tertiary/aromatic N) is 2. The Morgan fingerprint density at radius 1 is 1.37 bits per heavy atom. The molecule has 0 amide bonds.